The minimum absolute atomic E-state index is 0.328. The van der Waals surface area contributed by atoms with Crippen LogP contribution in [0.2, 0.25) is 0 Å². The largest absolute Gasteiger partial charge is 0.368 e. The molecular weight excluding hydrogens is 182 g/mol. The molecule has 0 bridgehead atoms. The van der Waals surface area contributed by atoms with Crippen LogP contribution in [-0.2, 0) is 0 Å². The number of thiophene rings is 1. The molecule has 0 amide bonds. The fourth-order valence-electron chi connectivity index (χ4n) is 1.12. The topological polar surface area (TPSA) is 51.8 Å². The van der Waals surface area contributed by atoms with Crippen LogP contribution in [0.3, 0.4) is 0 Å². The van der Waals surface area contributed by atoms with Gasteiger partial charge in [0.2, 0.25) is 5.95 Å². The minimum atomic E-state index is 0.328. The highest BCUT2D eigenvalue weighted by atomic mass is 32.1. The zero-order valence-corrected chi connectivity index (χ0v) is 8.01. The SMILES string of the molecule is Cc1cnc(N)nc1-c1cccs1. The first-order valence-corrected chi connectivity index (χ1v) is 4.78. The maximum absolute atomic E-state index is 5.52. The Morgan fingerprint density at radius 2 is 2.31 bits per heavy atom. The van der Waals surface area contributed by atoms with Crippen LogP contribution in [-0.4, -0.2) is 9.97 Å². The van der Waals surface area contributed by atoms with Gasteiger partial charge in [0, 0.05) is 6.20 Å². The summed E-state index contributed by atoms with van der Waals surface area (Å²) in [6.07, 6.45) is 1.75. The second-order valence-corrected chi connectivity index (χ2v) is 3.68. The van der Waals surface area contributed by atoms with Crippen LogP contribution in [0.5, 0.6) is 0 Å². The van der Waals surface area contributed by atoms with Gasteiger partial charge in [-0.15, -0.1) is 11.3 Å². The molecule has 2 rings (SSSR count). The highest BCUT2D eigenvalue weighted by Crippen LogP contribution is 2.25. The summed E-state index contributed by atoms with van der Waals surface area (Å²) in [6.45, 7) is 1.98. The molecule has 0 fully saturated rings. The molecule has 0 aromatic carbocycles. The Morgan fingerprint density at radius 1 is 1.46 bits per heavy atom. The number of rotatable bonds is 1. The van der Waals surface area contributed by atoms with Crippen molar-refractivity contribution in [3.05, 3.63) is 29.3 Å². The van der Waals surface area contributed by atoms with E-state index < -0.39 is 0 Å². The first-order valence-electron chi connectivity index (χ1n) is 3.90. The lowest BCUT2D eigenvalue weighted by molar-refractivity contribution is 1.16. The third-order valence-electron chi connectivity index (χ3n) is 1.74. The van der Waals surface area contributed by atoms with Gasteiger partial charge >= 0.3 is 0 Å². The van der Waals surface area contributed by atoms with E-state index in [2.05, 4.69) is 9.97 Å². The molecule has 0 atom stereocenters. The average Bonchev–Trinajstić information content (AvgIpc) is 2.61. The Morgan fingerprint density at radius 3 is 3.00 bits per heavy atom. The molecule has 0 aliphatic carbocycles. The van der Waals surface area contributed by atoms with E-state index in [9.17, 15) is 0 Å². The summed E-state index contributed by atoms with van der Waals surface area (Å²) in [5.41, 5.74) is 7.50. The Labute approximate surface area is 80.3 Å². The molecule has 0 spiro atoms. The van der Waals surface area contributed by atoms with Crippen LogP contribution >= 0.6 is 11.3 Å². The monoisotopic (exact) mass is 191 g/mol. The van der Waals surface area contributed by atoms with Crippen molar-refractivity contribution >= 4 is 17.3 Å². The number of nitrogen functional groups attached to an aromatic ring is 1. The van der Waals surface area contributed by atoms with Gasteiger partial charge in [-0.1, -0.05) is 6.07 Å². The third kappa shape index (κ3) is 1.53. The van der Waals surface area contributed by atoms with Gasteiger partial charge in [-0.05, 0) is 23.9 Å². The Bertz CT molecular complexity index is 409. The lowest BCUT2D eigenvalue weighted by atomic mass is 10.2. The van der Waals surface area contributed by atoms with Gasteiger partial charge in [0.1, 0.15) is 0 Å². The number of aryl methyl sites for hydroxylation is 1. The zero-order valence-electron chi connectivity index (χ0n) is 7.19. The van der Waals surface area contributed by atoms with Crippen molar-refractivity contribution in [1.82, 2.24) is 9.97 Å². The first-order chi connectivity index (χ1) is 6.27. The second-order valence-electron chi connectivity index (χ2n) is 2.74. The average molecular weight is 191 g/mol. The van der Waals surface area contributed by atoms with Gasteiger partial charge in [0.05, 0.1) is 10.6 Å². The number of anilines is 1. The molecule has 0 radical (unpaired) electrons. The van der Waals surface area contributed by atoms with Gasteiger partial charge < -0.3 is 5.73 Å². The number of hydrogen-bond acceptors (Lipinski definition) is 4. The molecule has 4 heteroatoms. The molecule has 0 saturated carbocycles. The summed E-state index contributed by atoms with van der Waals surface area (Å²) in [6, 6.07) is 4.02. The zero-order chi connectivity index (χ0) is 9.26. The second kappa shape index (κ2) is 3.14. The summed E-state index contributed by atoms with van der Waals surface area (Å²) < 4.78 is 0. The summed E-state index contributed by atoms with van der Waals surface area (Å²) >= 11 is 1.65. The predicted octanol–water partition coefficient (Wildman–Crippen LogP) is 2.10. The van der Waals surface area contributed by atoms with Crippen LogP contribution in [0.4, 0.5) is 5.95 Å². The van der Waals surface area contributed by atoms with E-state index in [0.29, 0.717) is 5.95 Å². The van der Waals surface area contributed by atoms with E-state index in [1.165, 1.54) is 0 Å². The lowest BCUT2D eigenvalue weighted by Gasteiger charge is -2.01. The smallest absolute Gasteiger partial charge is 0.220 e. The predicted molar refractivity (Wildman–Crippen MR) is 54.5 cm³/mol. The van der Waals surface area contributed by atoms with Gasteiger partial charge in [0.25, 0.3) is 0 Å². The maximum Gasteiger partial charge on any atom is 0.220 e. The molecule has 13 heavy (non-hydrogen) atoms. The van der Waals surface area contributed by atoms with Crippen molar-refractivity contribution in [1.29, 1.82) is 0 Å². The van der Waals surface area contributed by atoms with Crippen molar-refractivity contribution in [3.8, 4) is 10.6 Å². The normalized spacial score (nSPS) is 10.2. The van der Waals surface area contributed by atoms with Crippen LogP contribution in [0, 0.1) is 6.92 Å². The Balaban J connectivity index is 2.57. The van der Waals surface area contributed by atoms with E-state index in [1.54, 1.807) is 17.5 Å². The van der Waals surface area contributed by atoms with Crippen molar-refractivity contribution in [3.63, 3.8) is 0 Å². The molecular formula is C9H9N3S. The van der Waals surface area contributed by atoms with Gasteiger partial charge in [-0.2, -0.15) is 0 Å². The molecule has 66 valence electrons. The highest BCUT2D eigenvalue weighted by Gasteiger charge is 2.04. The van der Waals surface area contributed by atoms with Crippen LogP contribution in [0.15, 0.2) is 23.7 Å². The third-order valence-corrected chi connectivity index (χ3v) is 2.62. The van der Waals surface area contributed by atoms with Crippen molar-refractivity contribution < 1.29 is 0 Å². The standard InChI is InChI=1S/C9H9N3S/c1-6-5-11-9(10)12-8(6)7-3-2-4-13-7/h2-5H,1H3,(H2,10,11,12). The summed E-state index contributed by atoms with van der Waals surface area (Å²) in [5.74, 6) is 0.328. The molecule has 2 aromatic heterocycles. The summed E-state index contributed by atoms with van der Waals surface area (Å²) in [4.78, 5) is 9.24. The lowest BCUT2D eigenvalue weighted by Crippen LogP contribution is -1.97. The van der Waals surface area contributed by atoms with Gasteiger partial charge in [-0.3, -0.25) is 0 Å². The minimum Gasteiger partial charge on any atom is -0.368 e. The molecule has 3 nitrogen and oxygen atoms in total. The van der Waals surface area contributed by atoms with E-state index >= 15 is 0 Å². The van der Waals surface area contributed by atoms with Gasteiger partial charge in [0.15, 0.2) is 0 Å². The van der Waals surface area contributed by atoms with Crippen molar-refractivity contribution in [2.45, 2.75) is 6.92 Å². The molecule has 0 aliphatic rings. The summed E-state index contributed by atoms with van der Waals surface area (Å²) in [5, 5.41) is 2.02. The molecule has 0 saturated heterocycles. The van der Waals surface area contributed by atoms with Gasteiger partial charge in [-0.25, -0.2) is 9.97 Å². The number of nitrogens with zero attached hydrogens (tertiary/aromatic N) is 2. The number of aromatic nitrogens is 2. The Hall–Kier alpha value is -1.42. The molecule has 0 unspecified atom stereocenters. The molecule has 2 aromatic rings. The van der Waals surface area contributed by atoms with Crippen LogP contribution in [0.25, 0.3) is 10.6 Å². The molecule has 2 heterocycles. The fraction of sp³-hybridized carbons (Fsp3) is 0.111. The van der Waals surface area contributed by atoms with E-state index in [4.69, 9.17) is 5.73 Å². The van der Waals surface area contributed by atoms with Crippen molar-refractivity contribution in [2.75, 3.05) is 5.73 Å². The fourth-order valence-corrected chi connectivity index (χ4v) is 1.90. The first kappa shape index (κ1) is 8.19. The quantitative estimate of drug-likeness (QED) is 0.751. The van der Waals surface area contributed by atoms with E-state index in [-0.39, 0.29) is 0 Å². The Kier molecular flexibility index (Phi) is 1.98. The molecule has 0 aliphatic heterocycles. The maximum atomic E-state index is 5.52. The number of nitrogens with two attached hydrogens (primary N) is 1. The van der Waals surface area contributed by atoms with Crippen LogP contribution in [0.1, 0.15) is 5.56 Å². The molecule has 2 N–H and O–H groups in total. The van der Waals surface area contributed by atoms with Crippen LogP contribution < -0.4 is 5.73 Å². The summed E-state index contributed by atoms with van der Waals surface area (Å²) in [7, 11) is 0. The van der Waals surface area contributed by atoms with E-state index in [0.717, 1.165) is 16.1 Å². The van der Waals surface area contributed by atoms with E-state index in [1.807, 2.05) is 24.4 Å². The number of hydrogen-bond donors (Lipinski definition) is 1. The highest BCUT2D eigenvalue weighted by molar-refractivity contribution is 7.13. The van der Waals surface area contributed by atoms with Crippen molar-refractivity contribution in [2.24, 2.45) is 0 Å².